The maximum Gasteiger partial charge on any atom is 0.326 e. The Bertz CT molecular complexity index is 643. The van der Waals surface area contributed by atoms with Crippen LogP contribution in [-0.2, 0) is 16.0 Å². The second-order valence-electron chi connectivity index (χ2n) is 4.64. The number of hydrogen-bond donors (Lipinski definition) is 2. The van der Waals surface area contributed by atoms with Crippen molar-refractivity contribution in [3.63, 3.8) is 0 Å². The number of carboxylic acid groups (broad SMARTS) is 1. The second kappa shape index (κ2) is 6.69. The highest BCUT2D eigenvalue weighted by Gasteiger charge is 2.19. The van der Waals surface area contributed by atoms with E-state index in [9.17, 15) is 9.59 Å². The Labute approximate surface area is 122 Å². The first-order valence-corrected chi connectivity index (χ1v) is 6.66. The Hall–Kier alpha value is -2.63. The molecule has 0 aliphatic carbocycles. The van der Waals surface area contributed by atoms with Crippen LogP contribution in [0.4, 0.5) is 0 Å². The minimum atomic E-state index is -1.04. The van der Waals surface area contributed by atoms with Crippen molar-refractivity contribution in [2.24, 2.45) is 0 Å². The smallest absolute Gasteiger partial charge is 0.326 e. The van der Waals surface area contributed by atoms with Crippen molar-refractivity contribution in [3.8, 4) is 0 Å². The van der Waals surface area contributed by atoms with E-state index in [4.69, 9.17) is 5.11 Å². The summed E-state index contributed by atoms with van der Waals surface area (Å²) in [6.07, 6.45) is 7.39. The summed E-state index contributed by atoms with van der Waals surface area (Å²) in [6.45, 7) is 1.80. The van der Waals surface area contributed by atoms with Gasteiger partial charge in [-0.1, -0.05) is 18.2 Å². The van der Waals surface area contributed by atoms with Gasteiger partial charge in [-0.05, 0) is 25.5 Å². The van der Waals surface area contributed by atoms with Gasteiger partial charge in [0.2, 0.25) is 5.91 Å². The summed E-state index contributed by atoms with van der Waals surface area (Å²) in [6, 6.07) is 4.67. The van der Waals surface area contributed by atoms with E-state index in [1.807, 2.05) is 28.8 Å². The lowest BCUT2D eigenvalue weighted by Gasteiger charge is -2.11. The predicted octanol–water partition coefficient (Wildman–Crippen LogP) is 1.41. The number of allylic oxidation sites excluding steroid dienone is 1. The second-order valence-corrected chi connectivity index (χ2v) is 4.64. The third-order valence-electron chi connectivity index (χ3n) is 3.00. The Balaban J connectivity index is 2.01. The fourth-order valence-corrected chi connectivity index (χ4v) is 1.98. The first kappa shape index (κ1) is 14.8. The molecule has 0 spiro atoms. The van der Waals surface area contributed by atoms with E-state index in [1.165, 1.54) is 0 Å². The van der Waals surface area contributed by atoms with Crippen LogP contribution in [0, 0.1) is 0 Å². The summed E-state index contributed by atoms with van der Waals surface area (Å²) in [7, 11) is 0. The molecule has 110 valence electrons. The number of pyridine rings is 1. The van der Waals surface area contributed by atoms with Gasteiger partial charge in [0, 0.05) is 12.4 Å². The van der Waals surface area contributed by atoms with Crippen molar-refractivity contribution >= 4 is 17.5 Å². The summed E-state index contributed by atoms with van der Waals surface area (Å²) in [5.41, 5.74) is 1.36. The number of imidazole rings is 1. The van der Waals surface area contributed by atoms with E-state index >= 15 is 0 Å². The number of aromatic nitrogens is 2. The summed E-state index contributed by atoms with van der Waals surface area (Å²) in [4.78, 5) is 27.3. The molecular weight excluding hydrogens is 270 g/mol. The van der Waals surface area contributed by atoms with Crippen LogP contribution < -0.4 is 5.32 Å². The van der Waals surface area contributed by atoms with E-state index in [0.717, 1.165) is 5.65 Å². The number of carbonyl (C=O) groups excluding carboxylic acids is 1. The molecule has 0 bridgehead atoms. The Morgan fingerprint density at radius 2 is 2.29 bits per heavy atom. The van der Waals surface area contributed by atoms with Crippen LogP contribution in [0.15, 0.2) is 42.7 Å². The van der Waals surface area contributed by atoms with Crippen LogP contribution in [0.1, 0.15) is 19.0 Å². The molecule has 2 rings (SSSR count). The van der Waals surface area contributed by atoms with Gasteiger partial charge in [-0.2, -0.15) is 0 Å². The molecule has 1 amide bonds. The van der Waals surface area contributed by atoms with Crippen molar-refractivity contribution in [2.45, 2.75) is 25.8 Å². The van der Waals surface area contributed by atoms with Gasteiger partial charge in [-0.25, -0.2) is 9.78 Å². The summed E-state index contributed by atoms with van der Waals surface area (Å²) in [5.74, 6) is -1.40. The van der Waals surface area contributed by atoms with Crippen LogP contribution in [0.2, 0.25) is 0 Å². The molecule has 1 unspecified atom stereocenters. The molecule has 0 radical (unpaired) electrons. The zero-order chi connectivity index (χ0) is 15.2. The van der Waals surface area contributed by atoms with Crippen molar-refractivity contribution in [3.05, 3.63) is 48.4 Å². The van der Waals surface area contributed by atoms with E-state index in [0.29, 0.717) is 5.69 Å². The minimum Gasteiger partial charge on any atom is -0.480 e. The third-order valence-corrected chi connectivity index (χ3v) is 3.00. The van der Waals surface area contributed by atoms with Gasteiger partial charge in [0.1, 0.15) is 11.7 Å². The summed E-state index contributed by atoms with van der Waals surface area (Å²) in [5, 5.41) is 11.6. The van der Waals surface area contributed by atoms with E-state index in [2.05, 4.69) is 10.3 Å². The summed E-state index contributed by atoms with van der Waals surface area (Å²) < 4.78 is 1.82. The van der Waals surface area contributed by atoms with Crippen LogP contribution >= 0.6 is 0 Å². The molecule has 0 aliphatic heterocycles. The van der Waals surface area contributed by atoms with E-state index < -0.39 is 12.0 Å². The van der Waals surface area contributed by atoms with Gasteiger partial charge in [-0.3, -0.25) is 4.79 Å². The Kier molecular flexibility index (Phi) is 4.71. The zero-order valence-corrected chi connectivity index (χ0v) is 11.7. The normalized spacial score (nSPS) is 12.6. The van der Waals surface area contributed by atoms with Crippen molar-refractivity contribution in [2.75, 3.05) is 0 Å². The molecule has 0 fully saturated rings. The quantitative estimate of drug-likeness (QED) is 0.787. The molecule has 0 aromatic carbocycles. The van der Waals surface area contributed by atoms with E-state index in [-0.39, 0.29) is 18.7 Å². The molecule has 21 heavy (non-hydrogen) atoms. The molecule has 2 aromatic heterocycles. The number of amides is 1. The number of carboxylic acids is 1. The zero-order valence-electron chi connectivity index (χ0n) is 11.7. The lowest BCUT2D eigenvalue weighted by molar-refractivity contribution is -0.141. The largest absolute Gasteiger partial charge is 0.480 e. The number of aliphatic carboxylic acids is 1. The van der Waals surface area contributed by atoms with Crippen molar-refractivity contribution < 1.29 is 14.7 Å². The molecule has 6 nitrogen and oxygen atoms in total. The van der Waals surface area contributed by atoms with Gasteiger partial charge in [0.15, 0.2) is 0 Å². The third kappa shape index (κ3) is 3.92. The molecular formula is C15H17N3O3. The standard InChI is InChI=1S/C15H17N3O3/c1-2-3-6-12(15(20)21)17-14(19)9-11-10-18-8-5-4-7-13(18)16-11/h2-5,7-8,10,12H,6,9H2,1H3,(H,17,19)(H,20,21)/b3-2+. The number of fused-ring (bicyclic) bond motifs is 1. The summed E-state index contributed by atoms with van der Waals surface area (Å²) >= 11 is 0. The van der Waals surface area contributed by atoms with Gasteiger partial charge in [0.25, 0.3) is 0 Å². The van der Waals surface area contributed by atoms with Gasteiger partial charge >= 0.3 is 5.97 Å². The number of carbonyl (C=O) groups is 2. The average Bonchev–Trinajstić information content (AvgIpc) is 2.85. The molecule has 6 heteroatoms. The van der Waals surface area contributed by atoms with Crippen LogP contribution in [0.3, 0.4) is 0 Å². The SMILES string of the molecule is C/C=C/CC(NC(=O)Cc1cn2ccccc2n1)C(=O)O. The van der Waals surface area contributed by atoms with Gasteiger partial charge < -0.3 is 14.8 Å². The average molecular weight is 287 g/mol. The lowest BCUT2D eigenvalue weighted by atomic mass is 10.2. The van der Waals surface area contributed by atoms with Crippen molar-refractivity contribution in [1.29, 1.82) is 0 Å². The highest BCUT2D eigenvalue weighted by atomic mass is 16.4. The highest BCUT2D eigenvalue weighted by molar-refractivity contribution is 5.84. The van der Waals surface area contributed by atoms with Crippen LogP contribution in [-0.4, -0.2) is 32.4 Å². The van der Waals surface area contributed by atoms with E-state index in [1.54, 1.807) is 25.3 Å². The molecule has 0 saturated carbocycles. The monoisotopic (exact) mass is 287 g/mol. The number of hydrogen-bond acceptors (Lipinski definition) is 3. The molecule has 2 N–H and O–H groups in total. The molecule has 2 heterocycles. The Morgan fingerprint density at radius 3 is 2.95 bits per heavy atom. The molecule has 0 aliphatic rings. The molecule has 2 aromatic rings. The molecule has 1 atom stereocenters. The van der Waals surface area contributed by atoms with Crippen LogP contribution in [0.25, 0.3) is 5.65 Å². The fourth-order valence-electron chi connectivity index (χ4n) is 1.98. The minimum absolute atomic E-state index is 0.0568. The number of nitrogens with one attached hydrogen (secondary N) is 1. The maximum absolute atomic E-state index is 11.9. The molecule has 0 saturated heterocycles. The highest BCUT2D eigenvalue weighted by Crippen LogP contribution is 2.05. The Morgan fingerprint density at radius 1 is 1.48 bits per heavy atom. The first-order chi connectivity index (χ1) is 10.1. The van der Waals surface area contributed by atoms with Crippen LogP contribution in [0.5, 0.6) is 0 Å². The van der Waals surface area contributed by atoms with Gasteiger partial charge in [-0.15, -0.1) is 0 Å². The number of nitrogens with zero attached hydrogens (tertiary/aromatic N) is 2. The maximum atomic E-state index is 11.9. The number of rotatable bonds is 6. The topological polar surface area (TPSA) is 83.7 Å². The first-order valence-electron chi connectivity index (χ1n) is 6.66. The van der Waals surface area contributed by atoms with Crippen molar-refractivity contribution in [1.82, 2.24) is 14.7 Å². The fraction of sp³-hybridized carbons (Fsp3) is 0.267. The lowest BCUT2D eigenvalue weighted by Crippen LogP contribution is -2.41. The van der Waals surface area contributed by atoms with Gasteiger partial charge in [0.05, 0.1) is 12.1 Å². The predicted molar refractivity (Wildman–Crippen MR) is 77.9 cm³/mol.